The number of hydrogen-bond acceptors (Lipinski definition) is 2. The fraction of sp³-hybridized carbons (Fsp3) is 1.00. The minimum Gasteiger partial charge on any atom is -0.379 e. The molecule has 0 atom stereocenters. The molecule has 0 aromatic heterocycles. The second-order valence-corrected chi connectivity index (χ2v) is 6.04. The summed E-state index contributed by atoms with van der Waals surface area (Å²) < 4.78 is 5.42. The van der Waals surface area contributed by atoms with Crippen LogP contribution in [0.1, 0.15) is 84.5 Å². The molecule has 0 aliphatic rings. The topological polar surface area (TPSA) is 35.2 Å². The Balaban J connectivity index is 3.08. The zero-order valence-electron chi connectivity index (χ0n) is 13.0. The second-order valence-electron chi connectivity index (χ2n) is 6.04. The molecular formula is C16H35NO. The predicted molar refractivity (Wildman–Crippen MR) is 80.9 cm³/mol. The van der Waals surface area contributed by atoms with Gasteiger partial charge in [0.05, 0.1) is 5.60 Å². The molecule has 2 heteroatoms. The summed E-state index contributed by atoms with van der Waals surface area (Å²) in [6.07, 6.45) is 14.8. The summed E-state index contributed by atoms with van der Waals surface area (Å²) >= 11 is 0. The third-order valence-electron chi connectivity index (χ3n) is 3.79. The Labute approximate surface area is 115 Å². The van der Waals surface area contributed by atoms with E-state index in [0.29, 0.717) is 0 Å². The second kappa shape index (κ2) is 12.0. The molecule has 0 aliphatic carbocycles. The van der Waals surface area contributed by atoms with Crippen LogP contribution in [0.5, 0.6) is 0 Å². The fourth-order valence-corrected chi connectivity index (χ4v) is 2.21. The van der Waals surface area contributed by atoms with Crippen LogP contribution in [0, 0.1) is 0 Å². The van der Waals surface area contributed by atoms with Crippen molar-refractivity contribution in [1.29, 1.82) is 0 Å². The molecule has 0 radical (unpaired) electrons. The molecule has 0 fully saturated rings. The largest absolute Gasteiger partial charge is 0.379 e. The summed E-state index contributed by atoms with van der Waals surface area (Å²) in [7, 11) is 1.81. The van der Waals surface area contributed by atoms with Gasteiger partial charge in [0.1, 0.15) is 0 Å². The predicted octanol–water partition coefficient (Wildman–Crippen LogP) is 4.66. The van der Waals surface area contributed by atoms with Crippen molar-refractivity contribution in [2.75, 3.05) is 13.7 Å². The van der Waals surface area contributed by atoms with E-state index in [-0.39, 0.29) is 5.60 Å². The third-order valence-corrected chi connectivity index (χ3v) is 3.79. The van der Waals surface area contributed by atoms with Crippen LogP contribution < -0.4 is 5.73 Å². The number of hydrogen-bond donors (Lipinski definition) is 1. The summed E-state index contributed by atoms with van der Waals surface area (Å²) in [4.78, 5) is 0. The van der Waals surface area contributed by atoms with E-state index in [2.05, 4.69) is 13.8 Å². The lowest BCUT2D eigenvalue weighted by atomic mass is 9.99. The molecule has 0 saturated carbocycles. The maximum Gasteiger partial charge on any atom is 0.0622 e. The Morgan fingerprint density at radius 2 is 1.11 bits per heavy atom. The van der Waals surface area contributed by atoms with Crippen molar-refractivity contribution in [1.82, 2.24) is 0 Å². The van der Waals surface area contributed by atoms with Gasteiger partial charge in [0, 0.05) is 7.11 Å². The van der Waals surface area contributed by atoms with Gasteiger partial charge in [-0.05, 0) is 33.2 Å². The monoisotopic (exact) mass is 257 g/mol. The zero-order valence-corrected chi connectivity index (χ0v) is 13.0. The highest BCUT2D eigenvalue weighted by Crippen LogP contribution is 2.18. The first-order chi connectivity index (χ1) is 8.62. The zero-order chi connectivity index (χ0) is 13.7. The van der Waals surface area contributed by atoms with Crippen LogP contribution in [-0.4, -0.2) is 19.3 Å². The summed E-state index contributed by atoms with van der Waals surface area (Å²) in [6.45, 7) is 5.21. The van der Waals surface area contributed by atoms with Gasteiger partial charge in [-0.2, -0.15) is 0 Å². The minimum absolute atomic E-state index is 0.0724. The molecule has 0 aromatic rings. The van der Waals surface area contributed by atoms with E-state index < -0.39 is 0 Å². The van der Waals surface area contributed by atoms with E-state index >= 15 is 0 Å². The molecule has 0 heterocycles. The van der Waals surface area contributed by atoms with Crippen LogP contribution in [0.15, 0.2) is 0 Å². The average molecular weight is 257 g/mol. The molecule has 0 aliphatic heterocycles. The third kappa shape index (κ3) is 12.4. The normalized spacial score (nSPS) is 12.0. The quantitative estimate of drug-likeness (QED) is 0.487. The number of methoxy groups -OCH3 is 1. The van der Waals surface area contributed by atoms with Gasteiger partial charge in [0.25, 0.3) is 0 Å². The van der Waals surface area contributed by atoms with Crippen LogP contribution in [-0.2, 0) is 4.74 Å². The maximum atomic E-state index is 5.47. The smallest absolute Gasteiger partial charge is 0.0622 e. The lowest BCUT2D eigenvalue weighted by Gasteiger charge is -2.22. The molecule has 0 bridgehead atoms. The molecule has 0 unspecified atom stereocenters. The van der Waals surface area contributed by atoms with E-state index in [9.17, 15) is 0 Å². The van der Waals surface area contributed by atoms with Gasteiger partial charge < -0.3 is 10.5 Å². The molecule has 2 N–H and O–H groups in total. The van der Waals surface area contributed by atoms with Crippen LogP contribution in [0.25, 0.3) is 0 Å². The van der Waals surface area contributed by atoms with Crippen LogP contribution >= 0.6 is 0 Å². The van der Waals surface area contributed by atoms with Gasteiger partial charge in [0.2, 0.25) is 0 Å². The molecule has 0 amide bonds. The first kappa shape index (κ1) is 17.9. The number of rotatable bonds is 13. The molecule has 2 nitrogen and oxygen atoms in total. The number of ether oxygens (including phenoxy) is 1. The van der Waals surface area contributed by atoms with E-state index in [4.69, 9.17) is 10.5 Å². The molecule has 110 valence electrons. The molecule has 0 saturated heterocycles. The Bertz CT molecular complexity index is 168. The van der Waals surface area contributed by atoms with Crippen molar-refractivity contribution < 1.29 is 4.74 Å². The lowest BCUT2D eigenvalue weighted by molar-refractivity contribution is 0.0134. The summed E-state index contributed by atoms with van der Waals surface area (Å²) in [6, 6.07) is 0. The van der Waals surface area contributed by atoms with Crippen molar-refractivity contribution in [2.45, 2.75) is 90.1 Å². The average Bonchev–Trinajstić information content (AvgIpc) is 2.36. The first-order valence-electron chi connectivity index (χ1n) is 7.87. The molecule has 0 aromatic carbocycles. The van der Waals surface area contributed by atoms with E-state index in [1.807, 2.05) is 7.11 Å². The SMILES string of the molecule is COC(C)(C)CCCCCCCCCCCCN. The lowest BCUT2D eigenvalue weighted by Crippen LogP contribution is -2.21. The maximum absolute atomic E-state index is 5.47. The van der Waals surface area contributed by atoms with Crippen molar-refractivity contribution in [3.63, 3.8) is 0 Å². The van der Waals surface area contributed by atoms with Crippen molar-refractivity contribution in [3.8, 4) is 0 Å². The summed E-state index contributed by atoms with van der Waals surface area (Å²) in [5.41, 5.74) is 5.54. The molecular weight excluding hydrogens is 222 g/mol. The van der Waals surface area contributed by atoms with Crippen molar-refractivity contribution >= 4 is 0 Å². The summed E-state index contributed by atoms with van der Waals surface area (Å²) in [5.74, 6) is 0. The van der Waals surface area contributed by atoms with Crippen molar-refractivity contribution in [2.24, 2.45) is 5.73 Å². The van der Waals surface area contributed by atoms with Gasteiger partial charge in [-0.25, -0.2) is 0 Å². The Hall–Kier alpha value is -0.0800. The first-order valence-corrected chi connectivity index (χ1v) is 7.87. The van der Waals surface area contributed by atoms with Crippen molar-refractivity contribution in [3.05, 3.63) is 0 Å². The fourth-order valence-electron chi connectivity index (χ4n) is 2.21. The highest BCUT2D eigenvalue weighted by atomic mass is 16.5. The van der Waals surface area contributed by atoms with Crippen LogP contribution in [0.4, 0.5) is 0 Å². The van der Waals surface area contributed by atoms with E-state index in [0.717, 1.165) is 6.54 Å². The number of nitrogens with two attached hydrogens (primary N) is 1. The Morgan fingerprint density at radius 1 is 0.722 bits per heavy atom. The van der Waals surface area contributed by atoms with E-state index in [1.54, 1.807) is 0 Å². The van der Waals surface area contributed by atoms with Gasteiger partial charge >= 0.3 is 0 Å². The Morgan fingerprint density at radius 3 is 1.50 bits per heavy atom. The van der Waals surface area contributed by atoms with Gasteiger partial charge in [-0.3, -0.25) is 0 Å². The molecule has 0 spiro atoms. The van der Waals surface area contributed by atoms with Gasteiger partial charge in [0.15, 0.2) is 0 Å². The highest BCUT2D eigenvalue weighted by molar-refractivity contribution is 4.67. The van der Waals surface area contributed by atoms with E-state index in [1.165, 1.54) is 70.6 Å². The standard InChI is InChI=1S/C16H35NO/c1-16(2,18-3)14-12-10-8-6-4-5-7-9-11-13-15-17/h4-15,17H2,1-3H3. The van der Waals surface area contributed by atoms with Crippen LogP contribution in [0.3, 0.4) is 0 Å². The molecule has 0 rings (SSSR count). The minimum atomic E-state index is 0.0724. The molecule has 18 heavy (non-hydrogen) atoms. The van der Waals surface area contributed by atoms with Gasteiger partial charge in [-0.1, -0.05) is 57.8 Å². The summed E-state index contributed by atoms with van der Waals surface area (Å²) in [5, 5.41) is 0. The highest BCUT2D eigenvalue weighted by Gasteiger charge is 2.14. The van der Waals surface area contributed by atoms with Crippen LogP contribution in [0.2, 0.25) is 0 Å². The van der Waals surface area contributed by atoms with Gasteiger partial charge in [-0.15, -0.1) is 0 Å². The Kier molecular flexibility index (Phi) is 11.9. The number of unbranched alkanes of at least 4 members (excludes halogenated alkanes) is 9.